The van der Waals surface area contributed by atoms with Crippen molar-refractivity contribution in [1.82, 2.24) is 14.6 Å². The Morgan fingerprint density at radius 2 is 1.93 bits per heavy atom. The molecule has 1 atom stereocenters. The fourth-order valence-electron chi connectivity index (χ4n) is 3.50. The van der Waals surface area contributed by atoms with Crippen molar-refractivity contribution in [1.29, 1.82) is 0 Å². The number of nitrogens with one attached hydrogen (secondary N) is 1. The van der Waals surface area contributed by atoms with Gasteiger partial charge in [0.15, 0.2) is 0 Å². The largest absolute Gasteiger partial charge is 0.494 e. The van der Waals surface area contributed by atoms with E-state index in [2.05, 4.69) is 10.3 Å². The van der Waals surface area contributed by atoms with Gasteiger partial charge < -0.3 is 10.1 Å². The van der Waals surface area contributed by atoms with E-state index in [0.717, 1.165) is 11.3 Å². The van der Waals surface area contributed by atoms with Gasteiger partial charge in [-0.1, -0.05) is 23.7 Å². The van der Waals surface area contributed by atoms with E-state index >= 15 is 0 Å². The average molecular weight is 452 g/mol. The molecule has 1 amide bonds. The average Bonchev–Trinajstić information content (AvgIpc) is 2.74. The maximum absolute atomic E-state index is 12.8. The molecule has 1 aromatic carbocycles. The third kappa shape index (κ3) is 5.11. The maximum atomic E-state index is 12.8. The lowest BCUT2D eigenvalue weighted by Gasteiger charge is -2.31. The number of nitrogens with zero attached hydrogens (tertiary/aromatic N) is 2. The number of carbonyl (C=O) groups is 1. The molecular weight excluding hydrogens is 426 g/mol. The molecule has 1 aliphatic rings. The molecule has 2 aromatic rings. The molecule has 7 nitrogen and oxygen atoms in total. The molecule has 3 rings (SSSR count). The van der Waals surface area contributed by atoms with Gasteiger partial charge in [-0.15, -0.1) is 0 Å². The molecule has 0 radical (unpaired) electrons. The van der Waals surface area contributed by atoms with Gasteiger partial charge in [0.2, 0.25) is 15.9 Å². The van der Waals surface area contributed by atoms with Crippen molar-refractivity contribution >= 4 is 27.5 Å². The number of hydrogen-bond acceptors (Lipinski definition) is 5. The summed E-state index contributed by atoms with van der Waals surface area (Å²) >= 11 is 5.96. The van der Waals surface area contributed by atoms with Crippen LogP contribution in [0.3, 0.4) is 0 Å². The number of benzene rings is 1. The second-order valence-electron chi connectivity index (χ2n) is 7.20. The summed E-state index contributed by atoms with van der Waals surface area (Å²) in [5.74, 6) is 0.501. The molecule has 9 heteroatoms. The van der Waals surface area contributed by atoms with Crippen molar-refractivity contribution in [2.45, 2.75) is 37.6 Å². The van der Waals surface area contributed by atoms with E-state index in [9.17, 15) is 13.2 Å². The number of halogens is 1. The quantitative estimate of drug-likeness (QED) is 0.651. The lowest BCUT2D eigenvalue weighted by molar-refractivity contribution is -0.126. The minimum Gasteiger partial charge on any atom is -0.494 e. The molecule has 30 heavy (non-hydrogen) atoms. The van der Waals surface area contributed by atoms with Gasteiger partial charge in [0.25, 0.3) is 0 Å². The second-order valence-corrected chi connectivity index (χ2v) is 9.47. The van der Waals surface area contributed by atoms with Crippen LogP contribution in [0, 0.1) is 5.92 Å². The zero-order valence-electron chi connectivity index (χ0n) is 17.0. The van der Waals surface area contributed by atoms with Gasteiger partial charge in [-0.05, 0) is 56.5 Å². The van der Waals surface area contributed by atoms with Crippen molar-refractivity contribution < 1.29 is 17.9 Å². The topological polar surface area (TPSA) is 88.6 Å². The number of rotatable bonds is 7. The van der Waals surface area contributed by atoms with Crippen LogP contribution in [0.25, 0.3) is 0 Å². The Balaban J connectivity index is 1.57. The molecule has 1 aliphatic heterocycles. The molecule has 1 saturated heterocycles. The maximum Gasteiger partial charge on any atom is 0.246 e. The lowest BCUT2D eigenvalue weighted by Crippen LogP contribution is -2.43. The van der Waals surface area contributed by atoms with Gasteiger partial charge in [-0.3, -0.25) is 4.79 Å². The van der Waals surface area contributed by atoms with Gasteiger partial charge in [-0.2, -0.15) is 4.31 Å². The van der Waals surface area contributed by atoms with E-state index in [1.807, 2.05) is 38.1 Å². The second kappa shape index (κ2) is 9.76. The van der Waals surface area contributed by atoms with Crippen LogP contribution >= 0.6 is 11.6 Å². The molecule has 0 aliphatic carbocycles. The molecule has 0 spiro atoms. The summed E-state index contributed by atoms with van der Waals surface area (Å²) in [5, 5.41) is 2.99. The summed E-state index contributed by atoms with van der Waals surface area (Å²) in [5.41, 5.74) is 0.984. The van der Waals surface area contributed by atoms with Gasteiger partial charge in [0.1, 0.15) is 15.8 Å². The SMILES string of the molecule is CCOc1ccc(C(C)NC(=O)C2CCN(S(=O)(=O)c3cccnc3Cl)CC2)cc1. The van der Waals surface area contributed by atoms with E-state index in [-0.39, 0.29) is 41.0 Å². The zero-order valence-corrected chi connectivity index (χ0v) is 18.6. The molecule has 2 heterocycles. The fraction of sp³-hybridized carbons (Fsp3) is 0.429. The van der Waals surface area contributed by atoms with Crippen LogP contribution in [0.1, 0.15) is 38.3 Å². The Hall–Kier alpha value is -2.16. The van der Waals surface area contributed by atoms with Crippen LogP contribution in [-0.2, 0) is 14.8 Å². The van der Waals surface area contributed by atoms with Crippen LogP contribution in [-0.4, -0.2) is 43.3 Å². The summed E-state index contributed by atoms with van der Waals surface area (Å²) in [6.45, 7) is 5.00. The first-order chi connectivity index (χ1) is 14.3. The van der Waals surface area contributed by atoms with Gasteiger partial charge >= 0.3 is 0 Å². The third-order valence-electron chi connectivity index (χ3n) is 5.22. The first-order valence-corrected chi connectivity index (χ1v) is 11.8. The zero-order chi connectivity index (χ0) is 21.7. The number of aromatic nitrogens is 1. The van der Waals surface area contributed by atoms with E-state index in [4.69, 9.17) is 16.3 Å². The monoisotopic (exact) mass is 451 g/mol. The minimum absolute atomic E-state index is 0.00121. The minimum atomic E-state index is -3.72. The summed E-state index contributed by atoms with van der Waals surface area (Å²) in [4.78, 5) is 16.5. The Morgan fingerprint density at radius 3 is 2.53 bits per heavy atom. The number of ether oxygens (including phenoxy) is 1. The van der Waals surface area contributed by atoms with Crippen LogP contribution in [0.15, 0.2) is 47.5 Å². The Bertz CT molecular complexity index is 974. The number of hydrogen-bond donors (Lipinski definition) is 1. The molecule has 162 valence electrons. The summed E-state index contributed by atoms with van der Waals surface area (Å²) < 4.78 is 32.4. The van der Waals surface area contributed by atoms with Crippen molar-refractivity contribution in [3.63, 3.8) is 0 Å². The molecule has 1 aromatic heterocycles. The molecule has 1 fully saturated rings. The Kier molecular flexibility index (Phi) is 7.33. The van der Waals surface area contributed by atoms with Crippen molar-refractivity contribution in [3.05, 3.63) is 53.3 Å². The van der Waals surface area contributed by atoms with E-state index in [1.54, 1.807) is 6.07 Å². The Morgan fingerprint density at radius 1 is 1.27 bits per heavy atom. The summed E-state index contributed by atoms with van der Waals surface area (Å²) in [6, 6.07) is 10.5. The highest BCUT2D eigenvalue weighted by atomic mass is 35.5. The van der Waals surface area contributed by atoms with Gasteiger partial charge in [0, 0.05) is 25.2 Å². The van der Waals surface area contributed by atoms with Crippen molar-refractivity contribution in [3.8, 4) is 5.75 Å². The fourth-order valence-corrected chi connectivity index (χ4v) is 5.39. The molecular formula is C21H26ClN3O4S. The van der Waals surface area contributed by atoms with Crippen LogP contribution in [0.4, 0.5) is 0 Å². The van der Waals surface area contributed by atoms with Gasteiger partial charge in [0.05, 0.1) is 12.6 Å². The predicted molar refractivity (Wildman–Crippen MR) is 115 cm³/mol. The standard InChI is InChI=1S/C21H26ClN3O4S/c1-3-29-18-8-6-16(7-9-18)15(2)24-21(26)17-10-13-25(14-11-17)30(27,28)19-5-4-12-23-20(19)22/h4-9,12,15,17H,3,10-11,13-14H2,1-2H3,(H,24,26). The molecule has 0 bridgehead atoms. The number of pyridine rings is 1. The Labute approximate surface area is 182 Å². The van der Waals surface area contributed by atoms with Crippen LogP contribution in [0.5, 0.6) is 5.75 Å². The third-order valence-corrected chi connectivity index (χ3v) is 7.56. The molecule has 1 unspecified atom stereocenters. The summed E-state index contributed by atoms with van der Waals surface area (Å²) in [6.07, 6.45) is 2.36. The first kappa shape index (κ1) is 22.5. The lowest BCUT2D eigenvalue weighted by atomic mass is 9.96. The number of carbonyl (C=O) groups excluding carboxylic acids is 1. The van der Waals surface area contributed by atoms with E-state index < -0.39 is 10.0 Å². The van der Waals surface area contributed by atoms with Crippen LogP contribution < -0.4 is 10.1 Å². The smallest absolute Gasteiger partial charge is 0.246 e. The highest BCUT2D eigenvalue weighted by Gasteiger charge is 2.33. The normalized spacial score (nSPS) is 16.8. The van der Waals surface area contributed by atoms with Gasteiger partial charge in [-0.25, -0.2) is 13.4 Å². The van der Waals surface area contributed by atoms with Crippen molar-refractivity contribution in [2.75, 3.05) is 19.7 Å². The number of piperidine rings is 1. The van der Waals surface area contributed by atoms with E-state index in [0.29, 0.717) is 19.4 Å². The van der Waals surface area contributed by atoms with Crippen LogP contribution in [0.2, 0.25) is 5.15 Å². The highest BCUT2D eigenvalue weighted by Crippen LogP contribution is 2.27. The first-order valence-electron chi connectivity index (χ1n) is 9.96. The van der Waals surface area contributed by atoms with Crippen molar-refractivity contribution in [2.24, 2.45) is 5.92 Å². The number of amides is 1. The molecule has 1 N–H and O–H groups in total. The predicted octanol–water partition coefficient (Wildman–Crippen LogP) is 3.41. The van der Waals surface area contributed by atoms with E-state index in [1.165, 1.54) is 16.6 Å². The highest BCUT2D eigenvalue weighted by molar-refractivity contribution is 7.89. The number of sulfonamides is 1. The summed E-state index contributed by atoms with van der Waals surface area (Å²) in [7, 11) is -3.72. The molecule has 0 saturated carbocycles.